The van der Waals surface area contributed by atoms with Crippen molar-refractivity contribution in [3.05, 3.63) is 24.2 Å². The first-order valence-electron chi connectivity index (χ1n) is 7.33. The van der Waals surface area contributed by atoms with Crippen molar-refractivity contribution >= 4 is 5.82 Å². The van der Waals surface area contributed by atoms with E-state index in [4.69, 9.17) is 4.52 Å². The summed E-state index contributed by atoms with van der Waals surface area (Å²) < 4.78 is 5.21. The fourth-order valence-electron chi connectivity index (χ4n) is 2.76. The third-order valence-electron chi connectivity index (χ3n) is 4.11. The topological polar surface area (TPSA) is 63.8 Å². The van der Waals surface area contributed by atoms with Gasteiger partial charge >= 0.3 is 0 Å². The zero-order valence-electron chi connectivity index (χ0n) is 11.5. The lowest BCUT2D eigenvalue weighted by molar-refractivity contribution is 0.425. The number of hydrogen-bond donors (Lipinski definition) is 1. The van der Waals surface area contributed by atoms with E-state index in [1.165, 1.54) is 25.7 Å². The summed E-state index contributed by atoms with van der Waals surface area (Å²) in [6.45, 7) is 1.82. The molecule has 0 bridgehead atoms. The van der Waals surface area contributed by atoms with Gasteiger partial charge in [0.15, 0.2) is 5.82 Å². The highest BCUT2D eigenvalue weighted by Crippen LogP contribution is 2.45. The molecule has 2 fully saturated rings. The summed E-state index contributed by atoms with van der Waals surface area (Å²) in [6, 6.07) is 4.51. The molecular weight excluding hydrogens is 252 g/mol. The fraction of sp³-hybridized carbons (Fsp3) is 0.533. The molecule has 2 aromatic heterocycles. The molecule has 0 unspecified atom stereocenters. The molecule has 104 valence electrons. The van der Waals surface area contributed by atoms with E-state index >= 15 is 0 Å². The molecule has 2 aliphatic carbocycles. The number of aromatic nitrogens is 3. The minimum atomic E-state index is 0.558. The van der Waals surface area contributed by atoms with Crippen LogP contribution in [0.15, 0.2) is 22.9 Å². The third kappa shape index (κ3) is 2.40. The van der Waals surface area contributed by atoms with Crippen molar-refractivity contribution in [3.8, 4) is 11.5 Å². The number of nitrogens with one attached hydrogen (secondary N) is 1. The first-order valence-corrected chi connectivity index (χ1v) is 7.33. The summed E-state index contributed by atoms with van der Waals surface area (Å²) in [7, 11) is 0. The van der Waals surface area contributed by atoms with Crippen molar-refractivity contribution < 1.29 is 4.52 Å². The molecule has 0 aromatic carbocycles. The molecule has 2 saturated carbocycles. The Bertz CT molecular complexity index is 604. The molecule has 0 spiro atoms. The maximum absolute atomic E-state index is 5.21. The normalized spacial score (nSPS) is 18.5. The van der Waals surface area contributed by atoms with Crippen LogP contribution >= 0.6 is 0 Å². The Hall–Kier alpha value is -1.91. The minimum Gasteiger partial charge on any atom is -0.367 e. The van der Waals surface area contributed by atoms with Gasteiger partial charge in [0.05, 0.1) is 0 Å². The average molecular weight is 270 g/mol. The molecule has 1 N–H and O–H groups in total. The quantitative estimate of drug-likeness (QED) is 0.904. The van der Waals surface area contributed by atoms with Crippen LogP contribution in [0, 0.1) is 18.8 Å². The van der Waals surface area contributed by atoms with Crippen LogP contribution in [0.5, 0.6) is 0 Å². The SMILES string of the molecule is Cc1noc(-c2ccnc(NC(C3CC3)C3CC3)c2)n1. The summed E-state index contributed by atoms with van der Waals surface area (Å²) >= 11 is 0. The molecule has 0 aliphatic heterocycles. The van der Waals surface area contributed by atoms with Crippen LogP contribution in [0.1, 0.15) is 31.5 Å². The van der Waals surface area contributed by atoms with Gasteiger partial charge in [-0.05, 0) is 56.6 Å². The van der Waals surface area contributed by atoms with Crippen LogP contribution in [-0.4, -0.2) is 21.2 Å². The van der Waals surface area contributed by atoms with E-state index < -0.39 is 0 Å². The predicted molar refractivity (Wildman–Crippen MR) is 75.1 cm³/mol. The fourth-order valence-corrected chi connectivity index (χ4v) is 2.76. The van der Waals surface area contributed by atoms with E-state index in [2.05, 4.69) is 20.4 Å². The minimum absolute atomic E-state index is 0.558. The van der Waals surface area contributed by atoms with Gasteiger partial charge in [0.1, 0.15) is 5.82 Å². The Balaban J connectivity index is 1.56. The van der Waals surface area contributed by atoms with Crippen LogP contribution < -0.4 is 5.32 Å². The van der Waals surface area contributed by atoms with Gasteiger partial charge in [-0.2, -0.15) is 4.98 Å². The Morgan fingerprint density at radius 1 is 1.25 bits per heavy atom. The van der Waals surface area contributed by atoms with Gasteiger partial charge < -0.3 is 9.84 Å². The molecule has 0 atom stereocenters. The molecule has 4 rings (SSSR count). The summed E-state index contributed by atoms with van der Waals surface area (Å²) in [5.74, 6) is 3.82. The maximum atomic E-state index is 5.21. The second kappa shape index (κ2) is 4.58. The number of aryl methyl sites for hydroxylation is 1. The highest BCUT2D eigenvalue weighted by Gasteiger charge is 2.41. The van der Waals surface area contributed by atoms with Crippen molar-refractivity contribution in [2.24, 2.45) is 11.8 Å². The number of hydrogen-bond acceptors (Lipinski definition) is 5. The summed E-state index contributed by atoms with van der Waals surface area (Å²) in [5, 5.41) is 7.45. The number of anilines is 1. The van der Waals surface area contributed by atoms with Gasteiger partial charge in [0.2, 0.25) is 0 Å². The highest BCUT2D eigenvalue weighted by atomic mass is 16.5. The van der Waals surface area contributed by atoms with Gasteiger partial charge in [-0.1, -0.05) is 5.16 Å². The highest BCUT2D eigenvalue weighted by molar-refractivity contribution is 5.58. The van der Waals surface area contributed by atoms with Gasteiger partial charge in [-0.25, -0.2) is 4.98 Å². The van der Waals surface area contributed by atoms with Crippen molar-refractivity contribution in [3.63, 3.8) is 0 Å². The lowest BCUT2D eigenvalue weighted by Crippen LogP contribution is -2.24. The van der Waals surface area contributed by atoms with E-state index in [-0.39, 0.29) is 0 Å². The van der Waals surface area contributed by atoms with E-state index in [1.807, 2.05) is 19.1 Å². The third-order valence-corrected chi connectivity index (χ3v) is 4.11. The van der Waals surface area contributed by atoms with Gasteiger partial charge in [-0.3, -0.25) is 0 Å². The zero-order valence-corrected chi connectivity index (χ0v) is 11.5. The predicted octanol–water partition coefficient (Wildman–Crippen LogP) is 3.04. The van der Waals surface area contributed by atoms with Crippen LogP contribution in [0.2, 0.25) is 0 Å². The van der Waals surface area contributed by atoms with Crippen molar-refractivity contribution in [1.29, 1.82) is 0 Å². The molecule has 2 aromatic rings. The van der Waals surface area contributed by atoms with Crippen LogP contribution in [0.4, 0.5) is 5.82 Å². The molecule has 2 aliphatic rings. The molecule has 2 heterocycles. The Morgan fingerprint density at radius 2 is 2.00 bits per heavy atom. The molecule has 20 heavy (non-hydrogen) atoms. The van der Waals surface area contributed by atoms with E-state index in [0.717, 1.165) is 23.2 Å². The summed E-state index contributed by atoms with van der Waals surface area (Å²) in [6.07, 6.45) is 7.23. The number of nitrogens with zero attached hydrogens (tertiary/aromatic N) is 3. The molecule has 0 amide bonds. The second-order valence-electron chi connectivity index (χ2n) is 5.92. The zero-order chi connectivity index (χ0) is 13.5. The first kappa shape index (κ1) is 11.9. The lowest BCUT2D eigenvalue weighted by Gasteiger charge is -2.18. The maximum Gasteiger partial charge on any atom is 0.258 e. The Morgan fingerprint density at radius 3 is 2.60 bits per heavy atom. The number of rotatable bonds is 5. The standard InChI is InChI=1S/C15H18N4O/c1-9-17-15(20-19-9)12-6-7-16-13(8-12)18-14(10-2-3-10)11-4-5-11/h6-8,10-11,14H,2-5H2,1H3,(H,16,18). The van der Waals surface area contributed by atoms with E-state index in [0.29, 0.717) is 17.8 Å². The Labute approximate surface area is 117 Å². The van der Waals surface area contributed by atoms with Crippen LogP contribution in [0.25, 0.3) is 11.5 Å². The average Bonchev–Trinajstić information content (AvgIpc) is 3.36. The van der Waals surface area contributed by atoms with E-state index in [9.17, 15) is 0 Å². The largest absolute Gasteiger partial charge is 0.367 e. The summed E-state index contributed by atoms with van der Waals surface area (Å²) in [4.78, 5) is 8.69. The molecule has 0 radical (unpaired) electrons. The molecular formula is C15H18N4O. The van der Waals surface area contributed by atoms with Gasteiger partial charge in [0.25, 0.3) is 5.89 Å². The van der Waals surface area contributed by atoms with E-state index in [1.54, 1.807) is 6.20 Å². The van der Waals surface area contributed by atoms with Crippen LogP contribution in [-0.2, 0) is 0 Å². The molecule has 0 saturated heterocycles. The molecule has 5 nitrogen and oxygen atoms in total. The van der Waals surface area contributed by atoms with Crippen molar-refractivity contribution in [2.45, 2.75) is 38.6 Å². The molecule has 5 heteroatoms. The summed E-state index contributed by atoms with van der Waals surface area (Å²) in [5.41, 5.74) is 0.924. The van der Waals surface area contributed by atoms with Crippen molar-refractivity contribution in [2.75, 3.05) is 5.32 Å². The van der Waals surface area contributed by atoms with Crippen LogP contribution in [0.3, 0.4) is 0 Å². The second-order valence-corrected chi connectivity index (χ2v) is 5.92. The van der Waals surface area contributed by atoms with Gasteiger partial charge in [0, 0.05) is 17.8 Å². The van der Waals surface area contributed by atoms with Gasteiger partial charge in [-0.15, -0.1) is 0 Å². The van der Waals surface area contributed by atoms with Crippen molar-refractivity contribution in [1.82, 2.24) is 15.1 Å². The monoisotopic (exact) mass is 270 g/mol. The smallest absolute Gasteiger partial charge is 0.258 e. The first-order chi connectivity index (χ1) is 9.79. The lowest BCUT2D eigenvalue weighted by atomic mass is 10.1. The number of pyridine rings is 1. The Kier molecular flexibility index (Phi) is 2.72.